The topological polar surface area (TPSA) is 29.1 Å². The van der Waals surface area contributed by atoms with Crippen molar-refractivity contribution >= 4 is 50.7 Å². The average Bonchev–Trinajstić information content (AvgIpc) is 2.37. The van der Waals surface area contributed by atoms with Crippen molar-refractivity contribution in [2.75, 3.05) is 5.32 Å². The van der Waals surface area contributed by atoms with Crippen molar-refractivity contribution in [2.24, 2.45) is 0 Å². The Bertz CT molecular complexity index is 649. The van der Waals surface area contributed by atoms with Gasteiger partial charge in [0.05, 0.1) is 10.0 Å². The molecule has 0 aliphatic rings. The third-order valence-electron chi connectivity index (χ3n) is 2.36. The van der Waals surface area contributed by atoms with Gasteiger partial charge in [0, 0.05) is 15.7 Å². The molecular weight excluding hydrogens is 356 g/mol. The zero-order valence-corrected chi connectivity index (χ0v) is 12.5. The van der Waals surface area contributed by atoms with E-state index in [1.54, 1.807) is 12.1 Å². The second kappa shape index (κ2) is 5.90. The van der Waals surface area contributed by atoms with Crippen molar-refractivity contribution in [2.45, 2.75) is 0 Å². The molecule has 2 nitrogen and oxygen atoms in total. The first-order chi connectivity index (χ1) is 8.97. The van der Waals surface area contributed by atoms with E-state index in [1.807, 2.05) is 0 Å². The monoisotopic (exact) mass is 361 g/mol. The minimum atomic E-state index is -0.536. The molecule has 0 saturated carbocycles. The van der Waals surface area contributed by atoms with Gasteiger partial charge in [0.1, 0.15) is 5.82 Å². The van der Waals surface area contributed by atoms with Gasteiger partial charge in [0.15, 0.2) is 0 Å². The number of carbonyl (C=O) groups excluding carboxylic acids is 1. The van der Waals surface area contributed by atoms with Crippen LogP contribution in [0.25, 0.3) is 0 Å². The summed E-state index contributed by atoms with van der Waals surface area (Å²) in [6.45, 7) is 0. The molecule has 0 bridgehead atoms. The van der Waals surface area contributed by atoms with Crippen LogP contribution >= 0.6 is 39.1 Å². The van der Waals surface area contributed by atoms with Crippen LogP contribution in [-0.4, -0.2) is 5.91 Å². The largest absolute Gasteiger partial charge is 0.322 e. The summed E-state index contributed by atoms with van der Waals surface area (Å²) in [6.07, 6.45) is 0. The lowest BCUT2D eigenvalue weighted by Gasteiger charge is -2.07. The summed E-state index contributed by atoms with van der Waals surface area (Å²) in [5, 5.41) is 2.99. The van der Waals surface area contributed by atoms with E-state index in [-0.39, 0.29) is 10.9 Å². The molecule has 2 aromatic rings. The lowest BCUT2D eigenvalue weighted by Crippen LogP contribution is -2.11. The zero-order chi connectivity index (χ0) is 14.0. The van der Waals surface area contributed by atoms with E-state index in [4.69, 9.17) is 23.2 Å². The van der Waals surface area contributed by atoms with Crippen LogP contribution in [0.2, 0.25) is 10.0 Å². The van der Waals surface area contributed by atoms with Gasteiger partial charge >= 0.3 is 0 Å². The van der Waals surface area contributed by atoms with E-state index in [1.165, 1.54) is 24.3 Å². The summed E-state index contributed by atoms with van der Waals surface area (Å²) in [5.41, 5.74) is 0.809. The molecule has 0 fully saturated rings. The maximum absolute atomic E-state index is 13.0. The number of hydrogen-bond acceptors (Lipinski definition) is 1. The summed E-state index contributed by atoms with van der Waals surface area (Å²) in [7, 11) is 0. The molecule has 0 spiro atoms. The average molecular weight is 363 g/mol. The van der Waals surface area contributed by atoms with Gasteiger partial charge in [-0.3, -0.25) is 4.79 Å². The summed E-state index contributed by atoms with van der Waals surface area (Å²) in [5.74, 6) is -0.886. The predicted octanol–water partition coefficient (Wildman–Crippen LogP) is 5.15. The summed E-state index contributed by atoms with van der Waals surface area (Å²) >= 11 is 14.8. The van der Waals surface area contributed by atoms with E-state index in [9.17, 15) is 9.18 Å². The standard InChI is InChI=1S/C13H7BrCl2FNO/c14-9-3-1-7(5-10(9)15)13(19)18-8-2-4-12(17)11(16)6-8/h1-6H,(H,18,19). The number of carbonyl (C=O) groups is 1. The zero-order valence-electron chi connectivity index (χ0n) is 9.38. The molecule has 0 heterocycles. The predicted molar refractivity (Wildman–Crippen MR) is 78.5 cm³/mol. The van der Waals surface area contributed by atoms with Gasteiger partial charge in [-0.2, -0.15) is 0 Å². The molecule has 0 aliphatic heterocycles. The van der Waals surface area contributed by atoms with E-state index in [0.29, 0.717) is 20.7 Å². The summed E-state index contributed by atoms with van der Waals surface area (Å²) in [4.78, 5) is 12.0. The molecule has 0 aliphatic carbocycles. The molecule has 1 amide bonds. The third-order valence-corrected chi connectivity index (χ3v) is 3.88. The first kappa shape index (κ1) is 14.3. The fourth-order valence-corrected chi connectivity index (χ4v) is 2.02. The van der Waals surface area contributed by atoms with Gasteiger partial charge in [0.2, 0.25) is 0 Å². The van der Waals surface area contributed by atoms with Gasteiger partial charge in [-0.1, -0.05) is 23.2 Å². The fraction of sp³-hybridized carbons (Fsp3) is 0. The molecule has 19 heavy (non-hydrogen) atoms. The molecular formula is C13H7BrCl2FNO. The Morgan fingerprint density at radius 2 is 1.84 bits per heavy atom. The molecule has 98 valence electrons. The molecule has 2 rings (SSSR count). The first-order valence-electron chi connectivity index (χ1n) is 5.19. The van der Waals surface area contributed by atoms with Gasteiger partial charge in [0.25, 0.3) is 5.91 Å². The van der Waals surface area contributed by atoms with Gasteiger partial charge in [-0.25, -0.2) is 4.39 Å². The van der Waals surface area contributed by atoms with Crippen molar-refractivity contribution in [1.29, 1.82) is 0 Å². The Hall–Kier alpha value is -1.10. The molecule has 0 unspecified atom stereocenters. The highest BCUT2D eigenvalue weighted by Gasteiger charge is 2.09. The molecule has 0 aromatic heterocycles. The molecule has 2 aromatic carbocycles. The molecule has 0 atom stereocenters. The second-order valence-electron chi connectivity index (χ2n) is 3.71. The van der Waals surface area contributed by atoms with Crippen LogP contribution in [0.15, 0.2) is 40.9 Å². The first-order valence-corrected chi connectivity index (χ1v) is 6.74. The van der Waals surface area contributed by atoms with Gasteiger partial charge in [-0.05, 0) is 52.3 Å². The summed E-state index contributed by atoms with van der Waals surface area (Å²) < 4.78 is 13.7. The Morgan fingerprint density at radius 1 is 1.11 bits per heavy atom. The SMILES string of the molecule is O=C(Nc1ccc(F)c(Cl)c1)c1ccc(Br)c(Cl)c1. The quantitative estimate of drug-likeness (QED) is 0.786. The number of rotatable bonds is 2. The highest BCUT2D eigenvalue weighted by atomic mass is 79.9. The van der Waals surface area contributed by atoms with Crippen molar-refractivity contribution in [1.82, 2.24) is 0 Å². The Balaban J connectivity index is 2.20. The maximum Gasteiger partial charge on any atom is 0.255 e. The molecule has 0 saturated heterocycles. The lowest BCUT2D eigenvalue weighted by molar-refractivity contribution is 0.102. The minimum absolute atomic E-state index is 0.0494. The number of amides is 1. The molecule has 0 radical (unpaired) electrons. The van der Waals surface area contributed by atoms with Gasteiger partial charge in [-0.15, -0.1) is 0 Å². The number of hydrogen-bond donors (Lipinski definition) is 1. The number of benzene rings is 2. The van der Waals surface area contributed by atoms with E-state index < -0.39 is 5.82 Å². The maximum atomic E-state index is 13.0. The Morgan fingerprint density at radius 3 is 2.47 bits per heavy atom. The minimum Gasteiger partial charge on any atom is -0.322 e. The van der Waals surface area contributed by atoms with Crippen LogP contribution in [-0.2, 0) is 0 Å². The van der Waals surface area contributed by atoms with Crippen LogP contribution < -0.4 is 5.32 Å². The highest BCUT2D eigenvalue weighted by molar-refractivity contribution is 9.10. The fourth-order valence-electron chi connectivity index (χ4n) is 1.41. The van der Waals surface area contributed by atoms with Crippen molar-refractivity contribution in [3.63, 3.8) is 0 Å². The normalized spacial score (nSPS) is 10.3. The van der Waals surface area contributed by atoms with Crippen molar-refractivity contribution < 1.29 is 9.18 Å². The third kappa shape index (κ3) is 3.47. The number of nitrogens with one attached hydrogen (secondary N) is 1. The molecule has 1 N–H and O–H groups in total. The van der Waals surface area contributed by atoms with Crippen LogP contribution in [0.3, 0.4) is 0 Å². The van der Waals surface area contributed by atoms with Crippen LogP contribution in [0, 0.1) is 5.82 Å². The lowest BCUT2D eigenvalue weighted by atomic mass is 10.2. The van der Waals surface area contributed by atoms with Crippen LogP contribution in [0.1, 0.15) is 10.4 Å². The molecule has 6 heteroatoms. The summed E-state index contributed by atoms with van der Waals surface area (Å²) in [6, 6.07) is 8.79. The van der Waals surface area contributed by atoms with Crippen molar-refractivity contribution in [3.8, 4) is 0 Å². The second-order valence-corrected chi connectivity index (χ2v) is 5.38. The van der Waals surface area contributed by atoms with E-state index in [0.717, 1.165) is 0 Å². The Labute approximate surface area is 127 Å². The highest BCUT2D eigenvalue weighted by Crippen LogP contribution is 2.24. The van der Waals surface area contributed by atoms with Crippen LogP contribution in [0.5, 0.6) is 0 Å². The van der Waals surface area contributed by atoms with E-state index >= 15 is 0 Å². The smallest absolute Gasteiger partial charge is 0.255 e. The Kier molecular flexibility index (Phi) is 4.45. The number of anilines is 1. The number of halogens is 4. The van der Waals surface area contributed by atoms with E-state index in [2.05, 4.69) is 21.2 Å². The van der Waals surface area contributed by atoms with Gasteiger partial charge < -0.3 is 5.32 Å². The van der Waals surface area contributed by atoms with Crippen molar-refractivity contribution in [3.05, 3.63) is 62.3 Å². The van der Waals surface area contributed by atoms with Crippen LogP contribution in [0.4, 0.5) is 10.1 Å².